The Morgan fingerprint density at radius 2 is 0.663 bits per heavy atom. The van der Waals surface area contributed by atoms with E-state index in [1.807, 2.05) is 0 Å². The maximum absolute atomic E-state index is 5.91. The molecule has 83 heavy (non-hydrogen) atoms. The SMILES string of the molecule is CC(C)C1C2COCC21.CC(C)C1CCC2(CCCO2)CC1.CC(C)C1CCC2(CCCO2)CC1.CC(C)C1CCC2(CCCO2)CC1.CC(C)C1[C@H]2CCC[C@@H]12.CC(C)N1CCC2(CCCO2)CC1.CC(C)N1CCO[C@@]2(CCOC2)C1. The highest BCUT2D eigenvalue weighted by molar-refractivity contribution is 5.03. The number of piperidine rings is 1. The molecule has 0 N–H and O–H groups in total. The van der Waals surface area contributed by atoms with E-state index in [1.54, 1.807) is 12.8 Å². The molecule has 14 fully saturated rings. The molecule has 8 heterocycles. The van der Waals surface area contributed by atoms with Crippen LogP contribution in [0.2, 0.25) is 0 Å². The summed E-state index contributed by atoms with van der Waals surface area (Å²) in [4.78, 5) is 5.05. The molecule has 8 saturated heterocycles. The maximum atomic E-state index is 5.91. The molecule has 6 saturated carbocycles. The Kier molecular flexibility index (Phi) is 26.1. The zero-order chi connectivity index (χ0) is 59.4. The van der Waals surface area contributed by atoms with E-state index in [4.69, 9.17) is 33.2 Å². The highest BCUT2D eigenvalue weighted by Crippen LogP contribution is 2.60. The van der Waals surface area contributed by atoms with Crippen molar-refractivity contribution in [1.82, 2.24) is 9.80 Å². The number of hydrogen-bond donors (Lipinski definition) is 0. The predicted octanol–water partition coefficient (Wildman–Crippen LogP) is 17.3. The molecule has 9 heteroatoms. The van der Waals surface area contributed by atoms with Crippen molar-refractivity contribution in [3.8, 4) is 0 Å². The molecular weight excluding hydrogens is 1030 g/mol. The van der Waals surface area contributed by atoms with Gasteiger partial charge in [0.2, 0.25) is 0 Å². The average molecular weight is 1170 g/mol. The van der Waals surface area contributed by atoms with Crippen LogP contribution in [-0.4, -0.2) is 136 Å². The molecular formula is C74H136N2O7. The third kappa shape index (κ3) is 19.1. The summed E-state index contributed by atoms with van der Waals surface area (Å²) in [6.45, 7) is 45.9. The first kappa shape index (κ1) is 68.5. The Bertz CT molecular complexity index is 1570. The average Bonchev–Trinajstić information content (AvgIpc) is 2.85. The van der Waals surface area contributed by atoms with Crippen molar-refractivity contribution in [1.29, 1.82) is 0 Å². The van der Waals surface area contributed by atoms with Crippen LogP contribution in [0.5, 0.6) is 0 Å². The van der Waals surface area contributed by atoms with E-state index in [2.05, 4.69) is 107 Å². The molecule has 0 amide bonds. The fourth-order valence-corrected chi connectivity index (χ4v) is 18.8. The van der Waals surface area contributed by atoms with Crippen molar-refractivity contribution in [3.05, 3.63) is 0 Å². The van der Waals surface area contributed by atoms with Crippen LogP contribution in [0.4, 0.5) is 0 Å². The second-order valence-electron chi connectivity index (χ2n) is 32.6. The van der Waals surface area contributed by atoms with Gasteiger partial charge in [-0.1, -0.05) is 75.7 Å². The zero-order valence-electron chi connectivity index (χ0n) is 57.1. The molecule has 5 spiro atoms. The van der Waals surface area contributed by atoms with Crippen molar-refractivity contribution in [3.63, 3.8) is 0 Å². The van der Waals surface area contributed by atoms with Crippen molar-refractivity contribution < 1.29 is 33.2 Å². The van der Waals surface area contributed by atoms with Gasteiger partial charge in [0.15, 0.2) is 0 Å². The first-order valence-electron chi connectivity index (χ1n) is 36.5. The van der Waals surface area contributed by atoms with Crippen LogP contribution in [0.3, 0.4) is 0 Å². The van der Waals surface area contributed by atoms with Gasteiger partial charge in [-0.25, -0.2) is 0 Å². The third-order valence-corrected chi connectivity index (χ3v) is 24.9. The van der Waals surface area contributed by atoms with Gasteiger partial charge in [0.1, 0.15) is 5.60 Å². The van der Waals surface area contributed by atoms with E-state index in [9.17, 15) is 0 Å². The summed E-state index contributed by atoms with van der Waals surface area (Å²) >= 11 is 0. The third-order valence-electron chi connectivity index (χ3n) is 24.9. The van der Waals surface area contributed by atoms with E-state index in [1.165, 1.54) is 173 Å². The van der Waals surface area contributed by atoms with Gasteiger partial charge in [-0.2, -0.15) is 0 Å². The monoisotopic (exact) mass is 1170 g/mol. The lowest BCUT2D eigenvalue weighted by molar-refractivity contribution is -0.115. The van der Waals surface area contributed by atoms with Gasteiger partial charge >= 0.3 is 0 Å². The second-order valence-corrected chi connectivity index (χ2v) is 32.6. The molecule has 14 aliphatic rings. The molecule has 6 aliphatic carbocycles. The standard InChI is InChI=1S/3C12H22O.C11H21NO.C10H19NO2.C9H16.C8H14O/c3*1-10(2)11-4-7-12(8-5-11)6-3-9-13-12;1-10(2)12-7-5-11(6-8-12)4-3-9-13-11;1-9(2)11-4-6-13-10(7-11)3-5-12-8-10;1-6(2)9-7-4-3-5-8(7)9;1-5(2)8-6-3-9-4-7(6)8/h3*10-11H,3-9H2,1-2H3;10H,3-9H2,1-2H3;9H,3-8H2,1-2H3;6-9H,3-5H2,1-2H3;5-8H,3-4H2,1-2H3/t;;;;10-;7-,8+,9?;/m....0../s1. The largest absolute Gasteiger partial charge is 0.381 e. The van der Waals surface area contributed by atoms with E-state index in [-0.39, 0.29) is 5.60 Å². The van der Waals surface area contributed by atoms with Gasteiger partial charge < -0.3 is 38.1 Å². The van der Waals surface area contributed by atoms with E-state index in [0.717, 1.165) is 150 Å². The lowest BCUT2D eigenvalue weighted by Crippen LogP contribution is -2.54. The van der Waals surface area contributed by atoms with Crippen LogP contribution < -0.4 is 0 Å². The van der Waals surface area contributed by atoms with Crippen LogP contribution in [0, 0.1) is 82.9 Å². The number of ether oxygens (including phenoxy) is 7. The number of morpholine rings is 1. The number of nitrogens with zero attached hydrogens (tertiary/aromatic N) is 2. The summed E-state index contributed by atoms with van der Waals surface area (Å²) in [5.74, 6) is 13.8. The highest BCUT2D eigenvalue weighted by Gasteiger charge is 2.55. The number of hydrogen-bond acceptors (Lipinski definition) is 9. The van der Waals surface area contributed by atoms with Crippen LogP contribution in [0.25, 0.3) is 0 Å². The summed E-state index contributed by atoms with van der Waals surface area (Å²) < 4.78 is 40.2. The Labute approximate surface area is 513 Å². The summed E-state index contributed by atoms with van der Waals surface area (Å²) in [7, 11) is 0. The molecule has 8 aliphatic heterocycles. The maximum Gasteiger partial charge on any atom is 0.106 e. The van der Waals surface area contributed by atoms with Crippen molar-refractivity contribution >= 4 is 0 Å². The zero-order valence-corrected chi connectivity index (χ0v) is 57.1. The number of likely N-dealkylation sites (tertiary alicyclic amines) is 1. The fraction of sp³-hybridized carbons (Fsp3) is 1.00. The molecule has 0 aromatic carbocycles. The van der Waals surface area contributed by atoms with Crippen LogP contribution in [0.1, 0.15) is 264 Å². The molecule has 9 nitrogen and oxygen atoms in total. The predicted molar refractivity (Wildman–Crippen MR) is 344 cm³/mol. The summed E-state index contributed by atoms with van der Waals surface area (Å²) in [5, 5.41) is 0. The molecule has 0 bridgehead atoms. The smallest absolute Gasteiger partial charge is 0.106 e. The normalized spacial score (nSPS) is 39.5. The molecule has 0 aromatic rings. The first-order chi connectivity index (χ1) is 39.7. The highest BCUT2D eigenvalue weighted by atomic mass is 16.6. The summed E-state index contributed by atoms with van der Waals surface area (Å²) in [6, 6.07) is 1.33. The Morgan fingerprint density at radius 3 is 0.952 bits per heavy atom. The number of rotatable bonds is 7. The fourth-order valence-electron chi connectivity index (χ4n) is 18.8. The van der Waals surface area contributed by atoms with Crippen LogP contribution >= 0.6 is 0 Å². The number of fused-ring (bicyclic) bond motifs is 2. The minimum Gasteiger partial charge on any atom is -0.381 e. The van der Waals surface area contributed by atoms with Crippen molar-refractivity contribution in [2.45, 2.75) is 304 Å². The van der Waals surface area contributed by atoms with Crippen LogP contribution in [0.15, 0.2) is 0 Å². The molecule has 0 radical (unpaired) electrons. The Balaban J connectivity index is 0.000000127. The topological polar surface area (TPSA) is 71.1 Å². The minimum atomic E-state index is 0.0303. The van der Waals surface area contributed by atoms with Gasteiger partial charge in [-0.3, -0.25) is 4.90 Å². The van der Waals surface area contributed by atoms with Crippen molar-refractivity contribution in [2.24, 2.45) is 82.9 Å². The van der Waals surface area contributed by atoms with E-state index in [0.29, 0.717) is 34.5 Å². The lowest BCUT2D eigenvalue weighted by Gasteiger charge is -2.41. The van der Waals surface area contributed by atoms with E-state index >= 15 is 0 Å². The second kappa shape index (κ2) is 31.6. The molecule has 0 aromatic heterocycles. The molecule has 3 unspecified atom stereocenters. The molecule has 484 valence electrons. The van der Waals surface area contributed by atoms with Gasteiger partial charge in [-0.15, -0.1) is 0 Å². The minimum absolute atomic E-state index is 0.0303. The summed E-state index contributed by atoms with van der Waals surface area (Å²) in [5.41, 5.74) is 1.34. The van der Waals surface area contributed by atoms with Gasteiger partial charge in [0, 0.05) is 77.7 Å². The van der Waals surface area contributed by atoms with Crippen molar-refractivity contribution in [2.75, 3.05) is 85.6 Å². The van der Waals surface area contributed by atoms with Crippen LogP contribution in [-0.2, 0) is 33.2 Å². The quantitative estimate of drug-likeness (QED) is 0.248. The van der Waals surface area contributed by atoms with Gasteiger partial charge in [-0.05, 0) is 265 Å². The molecule has 14 rings (SSSR count). The Hall–Kier alpha value is -0.360. The van der Waals surface area contributed by atoms with E-state index < -0.39 is 0 Å². The van der Waals surface area contributed by atoms with Gasteiger partial charge in [0.25, 0.3) is 0 Å². The summed E-state index contributed by atoms with van der Waals surface area (Å²) in [6.07, 6.45) is 35.0. The van der Waals surface area contributed by atoms with Gasteiger partial charge in [0.05, 0.1) is 48.8 Å². The first-order valence-corrected chi connectivity index (χ1v) is 36.5. The Morgan fingerprint density at radius 1 is 0.301 bits per heavy atom. The lowest BCUT2D eigenvalue weighted by atomic mass is 9.74. The molecule has 6 atom stereocenters.